The van der Waals surface area contributed by atoms with Crippen molar-refractivity contribution in [2.45, 2.75) is 65.0 Å². The quantitative estimate of drug-likeness (QED) is 0.661. The Morgan fingerprint density at radius 2 is 1.89 bits per heavy atom. The zero-order valence-corrected chi connectivity index (χ0v) is 12.8. The Kier molecular flexibility index (Phi) is 8.20. The van der Waals surface area contributed by atoms with Crippen molar-refractivity contribution in [2.24, 2.45) is 5.73 Å². The Bertz CT molecular complexity index is 231. The molecule has 1 unspecified atom stereocenters. The SMILES string of the molecule is CCCC(C)NC(=O)CN(C)C(CC)(CC)CN. The zero-order chi connectivity index (χ0) is 14.2. The molecule has 0 saturated carbocycles. The fraction of sp³-hybridized carbons (Fsp3) is 0.929. The Labute approximate surface area is 112 Å². The van der Waals surface area contributed by atoms with Crippen LogP contribution in [0.1, 0.15) is 53.4 Å². The molecule has 0 aromatic heterocycles. The van der Waals surface area contributed by atoms with Crippen molar-refractivity contribution < 1.29 is 4.79 Å². The molecule has 0 rings (SSSR count). The highest BCUT2D eigenvalue weighted by molar-refractivity contribution is 5.78. The van der Waals surface area contributed by atoms with Crippen LogP contribution in [0.2, 0.25) is 0 Å². The van der Waals surface area contributed by atoms with E-state index in [9.17, 15) is 4.79 Å². The van der Waals surface area contributed by atoms with Crippen molar-refractivity contribution in [3.63, 3.8) is 0 Å². The van der Waals surface area contributed by atoms with E-state index in [0.29, 0.717) is 13.1 Å². The minimum Gasteiger partial charge on any atom is -0.353 e. The number of amides is 1. The average Bonchev–Trinajstić information content (AvgIpc) is 2.31. The second kappa shape index (κ2) is 8.48. The Balaban J connectivity index is 4.36. The number of nitrogens with one attached hydrogen (secondary N) is 1. The summed E-state index contributed by atoms with van der Waals surface area (Å²) in [5, 5.41) is 3.03. The molecular formula is C14H31N3O. The summed E-state index contributed by atoms with van der Waals surface area (Å²) >= 11 is 0. The summed E-state index contributed by atoms with van der Waals surface area (Å²) in [6.07, 6.45) is 4.05. The van der Waals surface area contributed by atoms with Gasteiger partial charge in [0.05, 0.1) is 6.54 Å². The van der Waals surface area contributed by atoms with Crippen LogP contribution in [-0.2, 0) is 4.79 Å². The maximum atomic E-state index is 11.9. The molecule has 0 spiro atoms. The fourth-order valence-electron chi connectivity index (χ4n) is 2.44. The van der Waals surface area contributed by atoms with E-state index >= 15 is 0 Å². The monoisotopic (exact) mass is 257 g/mol. The number of hydrogen-bond acceptors (Lipinski definition) is 3. The molecule has 0 bridgehead atoms. The summed E-state index contributed by atoms with van der Waals surface area (Å²) in [4.78, 5) is 14.0. The molecule has 0 aliphatic rings. The van der Waals surface area contributed by atoms with Gasteiger partial charge in [-0.3, -0.25) is 9.69 Å². The Hall–Kier alpha value is -0.610. The number of rotatable bonds is 9. The normalized spacial score (nSPS) is 13.7. The molecular weight excluding hydrogens is 226 g/mol. The zero-order valence-electron chi connectivity index (χ0n) is 12.8. The summed E-state index contributed by atoms with van der Waals surface area (Å²) in [6, 6.07) is 0.256. The lowest BCUT2D eigenvalue weighted by Crippen LogP contribution is -2.54. The van der Waals surface area contributed by atoms with Gasteiger partial charge in [0.1, 0.15) is 0 Å². The van der Waals surface area contributed by atoms with Gasteiger partial charge in [-0.15, -0.1) is 0 Å². The molecule has 1 amide bonds. The van der Waals surface area contributed by atoms with Gasteiger partial charge in [0.15, 0.2) is 0 Å². The number of carbonyl (C=O) groups is 1. The Morgan fingerprint density at radius 3 is 2.28 bits per heavy atom. The first-order valence-corrected chi connectivity index (χ1v) is 7.16. The number of likely N-dealkylation sites (N-methyl/N-ethyl adjacent to an activating group) is 1. The van der Waals surface area contributed by atoms with Gasteiger partial charge in [0.2, 0.25) is 5.91 Å². The smallest absolute Gasteiger partial charge is 0.234 e. The molecule has 4 nitrogen and oxygen atoms in total. The summed E-state index contributed by atoms with van der Waals surface area (Å²) in [5.41, 5.74) is 5.83. The van der Waals surface area contributed by atoms with Crippen molar-refractivity contribution in [1.82, 2.24) is 10.2 Å². The van der Waals surface area contributed by atoms with E-state index in [1.807, 2.05) is 7.05 Å². The van der Waals surface area contributed by atoms with Crippen LogP contribution >= 0.6 is 0 Å². The summed E-state index contributed by atoms with van der Waals surface area (Å²) in [6.45, 7) is 9.45. The molecule has 4 heteroatoms. The molecule has 0 fully saturated rings. The van der Waals surface area contributed by atoms with Gasteiger partial charge in [-0.05, 0) is 33.2 Å². The number of nitrogens with zero attached hydrogens (tertiary/aromatic N) is 1. The first-order chi connectivity index (χ1) is 8.45. The van der Waals surface area contributed by atoms with Gasteiger partial charge < -0.3 is 11.1 Å². The second-order valence-corrected chi connectivity index (χ2v) is 5.25. The van der Waals surface area contributed by atoms with Crippen LogP contribution in [0.5, 0.6) is 0 Å². The fourth-order valence-corrected chi connectivity index (χ4v) is 2.44. The number of nitrogens with two attached hydrogens (primary N) is 1. The van der Waals surface area contributed by atoms with E-state index in [-0.39, 0.29) is 17.5 Å². The van der Waals surface area contributed by atoms with E-state index in [0.717, 1.165) is 25.7 Å². The van der Waals surface area contributed by atoms with Crippen LogP contribution < -0.4 is 11.1 Å². The minimum absolute atomic E-state index is 0.0503. The molecule has 108 valence electrons. The first-order valence-electron chi connectivity index (χ1n) is 7.16. The van der Waals surface area contributed by atoms with Gasteiger partial charge in [-0.1, -0.05) is 27.2 Å². The van der Waals surface area contributed by atoms with Crippen molar-refractivity contribution >= 4 is 5.91 Å². The Morgan fingerprint density at radius 1 is 1.33 bits per heavy atom. The highest BCUT2D eigenvalue weighted by Gasteiger charge is 2.30. The summed E-state index contributed by atoms with van der Waals surface area (Å²) < 4.78 is 0. The molecule has 0 aliphatic heterocycles. The molecule has 0 saturated heterocycles. The summed E-state index contributed by atoms with van der Waals surface area (Å²) in [7, 11) is 1.99. The minimum atomic E-state index is -0.0503. The molecule has 0 aliphatic carbocycles. The standard InChI is InChI=1S/C14H31N3O/c1-6-9-12(4)16-13(18)10-17(5)14(7-2,8-3)11-15/h12H,6-11,15H2,1-5H3,(H,16,18). The van der Waals surface area contributed by atoms with Gasteiger partial charge >= 0.3 is 0 Å². The van der Waals surface area contributed by atoms with Crippen LogP contribution in [0, 0.1) is 0 Å². The second-order valence-electron chi connectivity index (χ2n) is 5.25. The maximum absolute atomic E-state index is 11.9. The van der Waals surface area contributed by atoms with E-state index in [1.54, 1.807) is 0 Å². The third-order valence-corrected chi connectivity index (χ3v) is 4.02. The van der Waals surface area contributed by atoms with E-state index in [1.165, 1.54) is 0 Å². The molecule has 0 aromatic rings. The summed E-state index contributed by atoms with van der Waals surface area (Å²) in [5.74, 6) is 0.0955. The van der Waals surface area contributed by atoms with Gasteiger partial charge in [-0.2, -0.15) is 0 Å². The van der Waals surface area contributed by atoms with Crippen LogP contribution in [0.4, 0.5) is 0 Å². The third kappa shape index (κ3) is 4.94. The van der Waals surface area contributed by atoms with Crippen molar-refractivity contribution in [3.05, 3.63) is 0 Å². The molecule has 1 atom stereocenters. The van der Waals surface area contributed by atoms with Crippen molar-refractivity contribution in [3.8, 4) is 0 Å². The molecule has 0 aromatic carbocycles. The van der Waals surface area contributed by atoms with Crippen LogP contribution in [0.15, 0.2) is 0 Å². The highest BCUT2D eigenvalue weighted by atomic mass is 16.2. The molecule has 18 heavy (non-hydrogen) atoms. The highest BCUT2D eigenvalue weighted by Crippen LogP contribution is 2.20. The lowest BCUT2D eigenvalue weighted by atomic mass is 9.91. The van der Waals surface area contributed by atoms with Crippen LogP contribution in [-0.4, -0.2) is 42.5 Å². The van der Waals surface area contributed by atoms with Crippen molar-refractivity contribution in [1.29, 1.82) is 0 Å². The van der Waals surface area contributed by atoms with E-state index in [2.05, 4.69) is 37.9 Å². The third-order valence-electron chi connectivity index (χ3n) is 4.02. The van der Waals surface area contributed by atoms with Gasteiger partial charge in [0.25, 0.3) is 0 Å². The maximum Gasteiger partial charge on any atom is 0.234 e. The molecule has 0 radical (unpaired) electrons. The number of hydrogen-bond donors (Lipinski definition) is 2. The van der Waals surface area contributed by atoms with E-state index in [4.69, 9.17) is 5.73 Å². The topological polar surface area (TPSA) is 58.4 Å². The van der Waals surface area contributed by atoms with Crippen LogP contribution in [0.3, 0.4) is 0 Å². The molecule has 0 heterocycles. The van der Waals surface area contributed by atoms with Gasteiger partial charge in [0, 0.05) is 18.1 Å². The predicted octanol–water partition coefficient (Wildman–Crippen LogP) is 1.74. The first kappa shape index (κ1) is 17.4. The largest absolute Gasteiger partial charge is 0.353 e. The average molecular weight is 257 g/mol. The lowest BCUT2D eigenvalue weighted by Gasteiger charge is -2.39. The van der Waals surface area contributed by atoms with Gasteiger partial charge in [-0.25, -0.2) is 0 Å². The van der Waals surface area contributed by atoms with E-state index < -0.39 is 0 Å². The molecule has 3 N–H and O–H groups in total. The predicted molar refractivity (Wildman–Crippen MR) is 77.5 cm³/mol. The van der Waals surface area contributed by atoms with Crippen molar-refractivity contribution in [2.75, 3.05) is 20.1 Å². The lowest BCUT2D eigenvalue weighted by molar-refractivity contribution is -0.124. The van der Waals surface area contributed by atoms with Crippen LogP contribution in [0.25, 0.3) is 0 Å². The number of carbonyl (C=O) groups excluding carboxylic acids is 1.